The minimum atomic E-state index is -0.439. The zero-order chi connectivity index (χ0) is 18.8. The van der Waals surface area contributed by atoms with E-state index in [9.17, 15) is 14.7 Å². The Kier molecular flexibility index (Phi) is 5.65. The first kappa shape index (κ1) is 18.9. The van der Waals surface area contributed by atoms with Crippen LogP contribution in [0.25, 0.3) is 0 Å². The van der Waals surface area contributed by atoms with Crippen molar-refractivity contribution >= 4 is 17.8 Å². The molecule has 2 aliphatic carbocycles. The van der Waals surface area contributed by atoms with E-state index >= 15 is 0 Å². The molecule has 3 rings (SSSR count). The molecule has 0 aromatic rings. The Morgan fingerprint density at radius 3 is 2.69 bits per heavy atom. The highest BCUT2D eigenvalue weighted by Crippen LogP contribution is 2.41. The van der Waals surface area contributed by atoms with Crippen LogP contribution in [0.15, 0.2) is 16.6 Å². The number of amidine groups is 1. The highest BCUT2D eigenvalue weighted by Gasteiger charge is 2.46. The van der Waals surface area contributed by atoms with Crippen LogP contribution in [-0.4, -0.2) is 47.7 Å². The molecule has 2 amide bonds. The standard InChI is InChI=1S/C19H29N3O4/c1-10(2)21-19(25)26-14-5-4-12(6-14)13-7-17(20-9-13)22-18(24)16-8-15(16)11(3)23/h7,10-12,14-16,23H,4-6,8-9H2,1-3H3,(H,21,25)(H,20,22,24)/t11-,12+,14-,15-,16+/m1/s1. The van der Waals surface area contributed by atoms with Crippen LogP contribution in [0.5, 0.6) is 0 Å². The van der Waals surface area contributed by atoms with Crippen LogP contribution >= 0.6 is 0 Å². The molecule has 7 nitrogen and oxygen atoms in total. The molecule has 1 aliphatic heterocycles. The molecule has 3 aliphatic rings. The second kappa shape index (κ2) is 7.78. The third kappa shape index (κ3) is 4.63. The van der Waals surface area contributed by atoms with Crippen molar-refractivity contribution in [3.05, 3.63) is 11.6 Å². The van der Waals surface area contributed by atoms with Crippen molar-refractivity contribution in [3.63, 3.8) is 0 Å². The number of nitrogens with one attached hydrogen (secondary N) is 2. The smallest absolute Gasteiger partial charge is 0.407 e. The molecule has 0 aromatic heterocycles. The molecule has 0 radical (unpaired) electrons. The fraction of sp³-hybridized carbons (Fsp3) is 0.737. The summed E-state index contributed by atoms with van der Waals surface area (Å²) in [6.45, 7) is 6.12. The van der Waals surface area contributed by atoms with Gasteiger partial charge in [0.1, 0.15) is 11.9 Å². The van der Waals surface area contributed by atoms with Crippen molar-refractivity contribution in [3.8, 4) is 0 Å². The summed E-state index contributed by atoms with van der Waals surface area (Å²) in [5.41, 5.74) is 1.19. The highest BCUT2D eigenvalue weighted by atomic mass is 16.6. The van der Waals surface area contributed by atoms with E-state index in [-0.39, 0.29) is 36.0 Å². The van der Waals surface area contributed by atoms with Crippen molar-refractivity contribution in [2.24, 2.45) is 22.7 Å². The van der Waals surface area contributed by atoms with E-state index in [1.165, 1.54) is 5.57 Å². The lowest BCUT2D eigenvalue weighted by Crippen LogP contribution is -2.33. The number of rotatable bonds is 5. The molecule has 26 heavy (non-hydrogen) atoms. The normalized spacial score (nSPS) is 31.3. The van der Waals surface area contributed by atoms with Gasteiger partial charge >= 0.3 is 6.09 Å². The zero-order valence-electron chi connectivity index (χ0n) is 15.7. The Bertz CT molecular complexity index is 626. The topological polar surface area (TPSA) is 100 Å². The van der Waals surface area contributed by atoms with E-state index in [0.717, 1.165) is 25.7 Å². The second-order valence-electron chi connectivity index (χ2n) is 7.99. The van der Waals surface area contributed by atoms with Gasteiger partial charge in [-0.3, -0.25) is 9.79 Å². The molecule has 3 N–H and O–H groups in total. The molecule has 1 heterocycles. The zero-order valence-corrected chi connectivity index (χ0v) is 15.7. The number of alkyl carbamates (subject to hydrolysis) is 1. The van der Waals surface area contributed by atoms with Crippen molar-refractivity contribution < 1.29 is 19.4 Å². The summed E-state index contributed by atoms with van der Waals surface area (Å²) < 4.78 is 5.47. The molecular formula is C19H29N3O4. The van der Waals surface area contributed by atoms with Crippen LogP contribution in [0.1, 0.15) is 46.5 Å². The molecule has 0 aromatic carbocycles. The molecule has 0 spiro atoms. The Morgan fingerprint density at radius 1 is 1.27 bits per heavy atom. The molecule has 7 heteroatoms. The Morgan fingerprint density at radius 2 is 2.04 bits per heavy atom. The Balaban J connectivity index is 1.45. The largest absolute Gasteiger partial charge is 0.446 e. The molecule has 5 atom stereocenters. The molecule has 0 saturated heterocycles. The third-order valence-electron chi connectivity index (χ3n) is 5.39. The van der Waals surface area contributed by atoms with Gasteiger partial charge in [0.25, 0.3) is 0 Å². The molecule has 2 fully saturated rings. The maximum absolute atomic E-state index is 12.2. The summed E-state index contributed by atoms with van der Waals surface area (Å²) in [7, 11) is 0. The lowest BCUT2D eigenvalue weighted by atomic mass is 9.98. The SMILES string of the molecule is CC(C)NC(=O)O[C@@H]1CC[C@H](C2=CC(NC(=O)[C@H]3C[C@@H]3[C@@H](C)O)=NC2)C1. The van der Waals surface area contributed by atoms with Crippen LogP contribution in [-0.2, 0) is 9.53 Å². The number of ether oxygens (including phenoxy) is 1. The van der Waals surface area contributed by atoms with Crippen LogP contribution in [0.2, 0.25) is 0 Å². The van der Waals surface area contributed by atoms with E-state index in [0.29, 0.717) is 18.3 Å². The van der Waals surface area contributed by atoms with Gasteiger partial charge in [0.05, 0.1) is 12.6 Å². The lowest BCUT2D eigenvalue weighted by Gasteiger charge is -2.15. The minimum Gasteiger partial charge on any atom is -0.446 e. The maximum atomic E-state index is 12.2. The Hall–Kier alpha value is -1.89. The summed E-state index contributed by atoms with van der Waals surface area (Å²) in [6, 6.07) is 0.0664. The molecule has 0 bridgehead atoms. The van der Waals surface area contributed by atoms with E-state index in [2.05, 4.69) is 15.6 Å². The van der Waals surface area contributed by atoms with Crippen LogP contribution in [0.4, 0.5) is 4.79 Å². The number of hydrogen-bond acceptors (Lipinski definition) is 5. The van der Waals surface area contributed by atoms with E-state index < -0.39 is 6.10 Å². The number of aliphatic hydroxyl groups excluding tert-OH is 1. The van der Waals surface area contributed by atoms with Gasteiger partial charge in [0.2, 0.25) is 5.91 Å². The Labute approximate surface area is 154 Å². The van der Waals surface area contributed by atoms with Crippen molar-refractivity contribution in [2.45, 2.75) is 64.7 Å². The van der Waals surface area contributed by atoms with E-state index in [1.807, 2.05) is 19.9 Å². The van der Waals surface area contributed by atoms with Crippen LogP contribution in [0.3, 0.4) is 0 Å². The van der Waals surface area contributed by atoms with Crippen LogP contribution in [0, 0.1) is 17.8 Å². The van der Waals surface area contributed by atoms with Gasteiger partial charge in [0, 0.05) is 12.0 Å². The summed E-state index contributed by atoms with van der Waals surface area (Å²) in [4.78, 5) is 28.3. The summed E-state index contributed by atoms with van der Waals surface area (Å²) in [5, 5.41) is 15.1. The van der Waals surface area contributed by atoms with Gasteiger partial charge < -0.3 is 20.5 Å². The van der Waals surface area contributed by atoms with Gasteiger partial charge in [-0.2, -0.15) is 0 Å². The number of carbonyl (C=O) groups is 2. The van der Waals surface area contributed by atoms with E-state index in [4.69, 9.17) is 4.74 Å². The number of carbonyl (C=O) groups excluding carboxylic acids is 2. The van der Waals surface area contributed by atoms with Gasteiger partial charge in [-0.25, -0.2) is 4.79 Å². The predicted octanol–water partition coefficient (Wildman–Crippen LogP) is 1.76. The number of aliphatic imine (C=N–C) groups is 1. The first-order chi connectivity index (χ1) is 12.3. The van der Waals surface area contributed by atoms with Crippen molar-refractivity contribution in [1.29, 1.82) is 0 Å². The molecular weight excluding hydrogens is 334 g/mol. The highest BCUT2D eigenvalue weighted by molar-refractivity contribution is 6.07. The molecule has 144 valence electrons. The number of nitrogens with zero attached hydrogens (tertiary/aromatic N) is 1. The average Bonchev–Trinajstić information content (AvgIpc) is 3.02. The van der Waals surface area contributed by atoms with Gasteiger partial charge in [-0.1, -0.05) is 0 Å². The molecule has 0 unspecified atom stereocenters. The average molecular weight is 363 g/mol. The van der Waals surface area contributed by atoms with Gasteiger partial charge in [-0.15, -0.1) is 0 Å². The van der Waals surface area contributed by atoms with E-state index in [1.54, 1.807) is 6.92 Å². The maximum Gasteiger partial charge on any atom is 0.407 e. The third-order valence-corrected chi connectivity index (χ3v) is 5.39. The van der Waals surface area contributed by atoms with Gasteiger partial charge in [-0.05, 0) is 69.9 Å². The number of amides is 2. The number of hydrogen-bond donors (Lipinski definition) is 3. The van der Waals surface area contributed by atoms with Crippen molar-refractivity contribution in [2.75, 3.05) is 6.54 Å². The summed E-state index contributed by atoms with van der Waals surface area (Å²) in [6.07, 6.45) is 4.48. The lowest BCUT2D eigenvalue weighted by molar-refractivity contribution is -0.121. The van der Waals surface area contributed by atoms with Gasteiger partial charge in [0.15, 0.2) is 0 Å². The van der Waals surface area contributed by atoms with Crippen molar-refractivity contribution in [1.82, 2.24) is 10.6 Å². The predicted molar refractivity (Wildman–Crippen MR) is 97.7 cm³/mol. The fourth-order valence-corrected chi connectivity index (χ4v) is 3.84. The first-order valence-electron chi connectivity index (χ1n) is 9.54. The second-order valence-corrected chi connectivity index (χ2v) is 7.99. The fourth-order valence-electron chi connectivity index (χ4n) is 3.84. The number of aliphatic hydroxyl groups is 1. The summed E-state index contributed by atoms with van der Waals surface area (Å²) in [5.74, 6) is 0.883. The summed E-state index contributed by atoms with van der Waals surface area (Å²) >= 11 is 0. The van der Waals surface area contributed by atoms with Crippen LogP contribution < -0.4 is 10.6 Å². The minimum absolute atomic E-state index is 0.0508. The monoisotopic (exact) mass is 363 g/mol. The first-order valence-corrected chi connectivity index (χ1v) is 9.54. The quantitative estimate of drug-likeness (QED) is 0.693. The molecule has 2 saturated carbocycles.